The molecule has 0 radical (unpaired) electrons. The van der Waals surface area contributed by atoms with Gasteiger partial charge in [-0.15, -0.1) is 0 Å². The van der Waals surface area contributed by atoms with Gasteiger partial charge in [0.15, 0.2) is 0 Å². The molecule has 1 nitrogen and oxygen atoms in total. The molecule has 2 N–H and O–H groups in total. The number of hydrogen-bond donors (Lipinski definition) is 1. The molecule has 0 bridgehead atoms. The Kier molecular flexibility index (Phi) is 2.31. The maximum Gasteiger partial charge on any atom is 0.0377 e. The van der Waals surface area contributed by atoms with E-state index in [0.29, 0.717) is 5.92 Å². The van der Waals surface area contributed by atoms with Gasteiger partial charge in [-0.1, -0.05) is 31.9 Å². The van der Waals surface area contributed by atoms with E-state index < -0.39 is 0 Å². The third-order valence-electron chi connectivity index (χ3n) is 5.77. The van der Waals surface area contributed by atoms with Crippen molar-refractivity contribution in [3.05, 3.63) is 11.1 Å². The summed E-state index contributed by atoms with van der Waals surface area (Å²) in [6.07, 6.45) is 0. The molecule has 0 aromatic heterocycles. The fourth-order valence-corrected chi connectivity index (χ4v) is 4.29. The molecule has 6 unspecified atom stereocenters. The Morgan fingerprint density at radius 3 is 2.00 bits per heavy atom. The summed E-state index contributed by atoms with van der Waals surface area (Å²) < 4.78 is 0. The molecule has 2 rings (SSSR count). The molecular weight excluding hydrogens is 182 g/mol. The Labute approximate surface area is 94.1 Å². The van der Waals surface area contributed by atoms with Gasteiger partial charge in [0.25, 0.3) is 0 Å². The highest BCUT2D eigenvalue weighted by atomic mass is 14.8. The predicted molar refractivity (Wildman–Crippen MR) is 65.4 cm³/mol. The molecule has 1 heteroatoms. The van der Waals surface area contributed by atoms with Crippen LogP contribution in [0.2, 0.25) is 0 Å². The SMILES string of the molecule is CC1=C(C)C(C)(N)C2C(C)C(C)C(C)C12. The van der Waals surface area contributed by atoms with Crippen LogP contribution >= 0.6 is 0 Å². The summed E-state index contributed by atoms with van der Waals surface area (Å²) in [5, 5.41) is 0. The molecule has 6 atom stereocenters. The first-order chi connectivity index (χ1) is 6.80. The number of hydrogen-bond acceptors (Lipinski definition) is 1. The maximum absolute atomic E-state index is 6.55. The van der Waals surface area contributed by atoms with Gasteiger partial charge in [-0.3, -0.25) is 0 Å². The van der Waals surface area contributed by atoms with Crippen molar-refractivity contribution >= 4 is 0 Å². The van der Waals surface area contributed by atoms with Crippen LogP contribution in [0.4, 0.5) is 0 Å². The highest BCUT2D eigenvalue weighted by molar-refractivity contribution is 5.36. The quantitative estimate of drug-likeness (QED) is 0.606. The van der Waals surface area contributed by atoms with Crippen molar-refractivity contribution in [1.29, 1.82) is 0 Å². The van der Waals surface area contributed by atoms with Crippen LogP contribution in [-0.4, -0.2) is 5.54 Å². The zero-order chi connectivity index (χ0) is 11.5. The van der Waals surface area contributed by atoms with Crippen LogP contribution in [0.15, 0.2) is 11.1 Å². The van der Waals surface area contributed by atoms with Crippen LogP contribution in [-0.2, 0) is 0 Å². The lowest BCUT2D eigenvalue weighted by molar-refractivity contribution is 0.249. The van der Waals surface area contributed by atoms with E-state index in [2.05, 4.69) is 41.5 Å². The largest absolute Gasteiger partial charge is 0.322 e. The average molecular weight is 207 g/mol. The summed E-state index contributed by atoms with van der Waals surface area (Å²) in [4.78, 5) is 0. The summed E-state index contributed by atoms with van der Waals surface area (Å²) in [6, 6.07) is 0. The normalized spacial score (nSPS) is 55.0. The van der Waals surface area contributed by atoms with Crippen molar-refractivity contribution < 1.29 is 0 Å². The van der Waals surface area contributed by atoms with E-state index >= 15 is 0 Å². The minimum absolute atomic E-state index is 0.0623. The highest BCUT2D eigenvalue weighted by Crippen LogP contribution is 2.58. The maximum atomic E-state index is 6.55. The van der Waals surface area contributed by atoms with Gasteiger partial charge in [-0.25, -0.2) is 0 Å². The van der Waals surface area contributed by atoms with Crippen LogP contribution in [0.1, 0.15) is 41.5 Å². The van der Waals surface area contributed by atoms with Gasteiger partial charge in [-0.05, 0) is 50.4 Å². The van der Waals surface area contributed by atoms with Crippen LogP contribution in [0.3, 0.4) is 0 Å². The van der Waals surface area contributed by atoms with E-state index in [-0.39, 0.29) is 5.54 Å². The van der Waals surface area contributed by atoms with E-state index in [9.17, 15) is 0 Å². The lowest BCUT2D eigenvalue weighted by Gasteiger charge is -2.33. The van der Waals surface area contributed by atoms with Crippen LogP contribution in [0, 0.1) is 29.6 Å². The Hall–Kier alpha value is -0.300. The molecule has 0 heterocycles. The highest BCUT2D eigenvalue weighted by Gasteiger charge is 2.56. The van der Waals surface area contributed by atoms with E-state index in [1.165, 1.54) is 5.57 Å². The van der Waals surface area contributed by atoms with Crippen molar-refractivity contribution in [2.75, 3.05) is 0 Å². The van der Waals surface area contributed by atoms with E-state index in [1.807, 2.05) is 0 Å². The molecule has 1 saturated carbocycles. The number of fused-ring (bicyclic) bond motifs is 1. The second kappa shape index (κ2) is 3.10. The Balaban J connectivity index is 2.47. The van der Waals surface area contributed by atoms with Gasteiger partial charge in [0, 0.05) is 5.54 Å². The number of allylic oxidation sites excluding steroid dienone is 1. The lowest BCUT2D eigenvalue weighted by atomic mass is 9.77. The Morgan fingerprint density at radius 1 is 1.00 bits per heavy atom. The molecule has 86 valence electrons. The Morgan fingerprint density at radius 2 is 1.53 bits per heavy atom. The average Bonchev–Trinajstić information content (AvgIpc) is 2.49. The molecule has 2 aliphatic carbocycles. The standard InChI is InChI=1S/C14H25N/c1-7-8(2)12-10(4)11(5)14(6,15)13(12)9(7)3/h7-9,12-13H,15H2,1-6H3. The third-order valence-corrected chi connectivity index (χ3v) is 5.77. The minimum atomic E-state index is -0.0623. The van der Waals surface area contributed by atoms with Crippen LogP contribution in [0.5, 0.6) is 0 Å². The van der Waals surface area contributed by atoms with Gasteiger partial charge in [0.2, 0.25) is 0 Å². The summed E-state index contributed by atoms with van der Waals surface area (Å²) in [6.45, 7) is 14.0. The van der Waals surface area contributed by atoms with Crippen molar-refractivity contribution in [2.24, 2.45) is 35.3 Å². The molecule has 0 saturated heterocycles. The van der Waals surface area contributed by atoms with Gasteiger partial charge < -0.3 is 5.73 Å². The molecule has 0 spiro atoms. The van der Waals surface area contributed by atoms with Crippen molar-refractivity contribution in [2.45, 2.75) is 47.1 Å². The van der Waals surface area contributed by atoms with Gasteiger partial charge in [0.1, 0.15) is 0 Å². The summed E-state index contributed by atoms with van der Waals surface area (Å²) in [7, 11) is 0. The van der Waals surface area contributed by atoms with Gasteiger partial charge in [0.05, 0.1) is 0 Å². The zero-order valence-electron chi connectivity index (χ0n) is 11.0. The summed E-state index contributed by atoms with van der Waals surface area (Å²) in [5.41, 5.74) is 9.52. The molecule has 0 amide bonds. The van der Waals surface area contributed by atoms with Crippen molar-refractivity contribution in [3.63, 3.8) is 0 Å². The summed E-state index contributed by atoms with van der Waals surface area (Å²) in [5.74, 6) is 3.77. The predicted octanol–water partition coefficient (Wildman–Crippen LogP) is 3.21. The van der Waals surface area contributed by atoms with Crippen molar-refractivity contribution in [3.8, 4) is 0 Å². The zero-order valence-corrected chi connectivity index (χ0v) is 11.0. The number of rotatable bonds is 0. The molecule has 2 aliphatic rings. The third kappa shape index (κ3) is 1.19. The van der Waals surface area contributed by atoms with E-state index in [1.54, 1.807) is 5.57 Å². The fourth-order valence-electron chi connectivity index (χ4n) is 4.29. The molecular formula is C14H25N. The summed E-state index contributed by atoms with van der Waals surface area (Å²) >= 11 is 0. The molecule has 15 heavy (non-hydrogen) atoms. The van der Waals surface area contributed by atoms with E-state index in [4.69, 9.17) is 5.73 Å². The molecule has 1 fully saturated rings. The lowest BCUT2D eigenvalue weighted by Crippen LogP contribution is -2.45. The monoisotopic (exact) mass is 207 g/mol. The first-order valence-electron chi connectivity index (χ1n) is 6.26. The van der Waals surface area contributed by atoms with Crippen molar-refractivity contribution in [1.82, 2.24) is 0 Å². The topological polar surface area (TPSA) is 26.0 Å². The second-order valence-corrected chi connectivity index (χ2v) is 6.22. The second-order valence-electron chi connectivity index (χ2n) is 6.22. The fraction of sp³-hybridized carbons (Fsp3) is 0.857. The smallest absolute Gasteiger partial charge is 0.0377 e. The van der Waals surface area contributed by atoms with Gasteiger partial charge in [-0.2, -0.15) is 0 Å². The number of nitrogens with two attached hydrogens (primary N) is 1. The molecule has 0 aliphatic heterocycles. The Bertz CT molecular complexity index is 313. The van der Waals surface area contributed by atoms with Gasteiger partial charge >= 0.3 is 0 Å². The molecule has 0 aromatic rings. The minimum Gasteiger partial charge on any atom is -0.322 e. The van der Waals surface area contributed by atoms with Crippen LogP contribution in [0.25, 0.3) is 0 Å². The van der Waals surface area contributed by atoms with E-state index in [0.717, 1.165) is 23.7 Å². The molecule has 0 aromatic carbocycles. The first kappa shape index (κ1) is 11.2. The van der Waals surface area contributed by atoms with Crippen LogP contribution < -0.4 is 5.73 Å². The first-order valence-corrected chi connectivity index (χ1v) is 6.26.